The van der Waals surface area contributed by atoms with Gasteiger partial charge in [0.2, 0.25) is 5.91 Å². The Morgan fingerprint density at radius 3 is 2.46 bits per heavy atom. The van der Waals surface area contributed by atoms with Crippen LogP contribution in [0.1, 0.15) is 47.9 Å². The molecule has 0 radical (unpaired) electrons. The van der Waals surface area contributed by atoms with Crippen molar-refractivity contribution in [2.24, 2.45) is 11.7 Å². The second-order valence-electron chi connectivity index (χ2n) is 13.0. The van der Waals surface area contributed by atoms with E-state index in [9.17, 15) is 14.4 Å². The Morgan fingerprint density at radius 1 is 1.00 bits per heavy atom. The van der Waals surface area contributed by atoms with Crippen LogP contribution in [0.15, 0.2) is 78.9 Å². The van der Waals surface area contributed by atoms with E-state index in [1.807, 2.05) is 54.6 Å². The van der Waals surface area contributed by atoms with Gasteiger partial charge in [0, 0.05) is 24.4 Å². The summed E-state index contributed by atoms with van der Waals surface area (Å²) in [5.41, 5.74) is 7.97. The highest BCUT2D eigenvalue weighted by atomic mass is 16.7. The van der Waals surface area contributed by atoms with Crippen molar-refractivity contribution in [1.82, 2.24) is 10.4 Å². The highest BCUT2D eigenvalue weighted by molar-refractivity contribution is 5.89. The van der Waals surface area contributed by atoms with E-state index in [-0.39, 0.29) is 37.4 Å². The molecule has 7 rings (SSSR count). The van der Waals surface area contributed by atoms with Crippen molar-refractivity contribution in [3.8, 4) is 17.6 Å². The maximum Gasteiger partial charge on any atom is 0.310 e. The van der Waals surface area contributed by atoms with Gasteiger partial charge in [-0.1, -0.05) is 72.5 Å². The van der Waals surface area contributed by atoms with Crippen molar-refractivity contribution in [2.45, 2.75) is 81.1 Å². The topological polar surface area (TPSA) is 133 Å². The molecule has 0 aromatic heterocycles. The number of hydrogen-bond donors (Lipinski definition) is 2. The number of carbonyl (C=O) groups is 3. The first-order valence-electron chi connectivity index (χ1n) is 16.5. The average molecular weight is 650 g/mol. The maximum atomic E-state index is 14.2. The van der Waals surface area contributed by atoms with Crippen LogP contribution in [0.3, 0.4) is 0 Å². The summed E-state index contributed by atoms with van der Waals surface area (Å²) in [6.07, 6.45) is 1.73. The zero-order valence-corrected chi connectivity index (χ0v) is 26.8. The molecule has 6 atom stereocenters. The van der Waals surface area contributed by atoms with Crippen molar-refractivity contribution in [3.05, 3.63) is 101 Å². The second-order valence-corrected chi connectivity index (χ2v) is 13.0. The lowest BCUT2D eigenvalue weighted by Crippen LogP contribution is -2.62. The van der Waals surface area contributed by atoms with Gasteiger partial charge in [-0.05, 0) is 54.2 Å². The molecule has 2 saturated heterocycles. The third-order valence-corrected chi connectivity index (χ3v) is 9.89. The van der Waals surface area contributed by atoms with Gasteiger partial charge in [-0.15, -0.1) is 0 Å². The Labute approximate surface area is 279 Å². The smallest absolute Gasteiger partial charge is 0.310 e. The van der Waals surface area contributed by atoms with Crippen LogP contribution in [0, 0.1) is 17.8 Å². The number of amides is 2. The van der Waals surface area contributed by atoms with Crippen LogP contribution in [0.5, 0.6) is 5.75 Å². The number of methoxy groups -OCH3 is 1. The van der Waals surface area contributed by atoms with Crippen LogP contribution in [0.2, 0.25) is 0 Å². The molecule has 0 spiro atoms. The molecule has 2 heterocycles. The quantitative estimate of drug-likeness (QED) is 0.194. The van der Waals surface area contributed by atoms with Crippen LogP contribution in [0.25, 0.3) is 0 Å². The predicted octanol–water partition coefficient (Wildman–Crippen LogP) is 3.24. The first kappa shape index (κ1) is 31.9. The molecule has 10 nitrogen and oxygen atoms in total. The molecule has 3 aromatic carbocycles. The lowest BCUT2D eigenvalue weighted by molar-refractivity contribution is -0.218. The largest absolute Gasteiger partial charge is 0.497 e. The molecule has 2 amide bonds. The number of nitrogens with zero attached hydrogens (tertiary/aromatic N) is 1. The summed E-state index contributed by atoms with van der Waals surface area (Å²) >= 11 is 0. The number of ether oxygens (including phenoxy) is 3. The molecule has 4 aliphatic rings. The number of fused-ring (bicyclic) bond motifs is 2. The molecule has 2 saturated carbocycles. The standard InChI is InChI=1S/C38H39N3O7/c1-45-29-19-17-25(18-20-29)21-31(42)47-35-32-33(36(43)40-28-15-8-16-28)41(48-38(32,37(39)44)22-30-34(35)46-30)23-27-13-6-5-12-26(27)14-7-11-24-9-3-2-4-10-24/h2-6,9-10,12-13,17-20,28,30,32-35H,8,11,15-16,21-23H2,1H3,(H2,39,44)(H,40,43)/t30?,32?,33?,34?,35-,38-/m0/s1. The summed E-state index contributed by atoms with van der Waals surface area (Å²) < 4.78 is 17.3. The molecule has 4 unspecified atom stereocenters. The third kappa shape index (κ3) is 6.41. The molecule has 2 aliphatic carbocycles. The number of epoxide rings is 1. The fourth-order valence-corrected chi connectivity index (χ4v) is 7.10. The number of hydroxylamine groups is 2. The van der Waals surface area contributed by atoms with Gasteiger partial charge in [-0.3, -0.25) is 19.2 Å². The summed E-state index contributed by atoms with van der Waals surface area (Å²) in [6, 6.07) is 23.9. The van der Waals surface area contributed by atoms with Gasteiger partial charge in [0.1, 0.15) is 24.0 Å². The maximum absolute atomic E-state index is 14.2. The van der Waals surface area contributed by atoms with Crippen molar-refractivity contribution in [2.75, 3.05) is 7.11 Å². The summed E-state index contributed by atoms with van der Waals surface area (Å²) in [7, 11) is 1.58. The Hall–Kier alpha value is -4.69. The van der Waals surface area contributed by atoms with Gasteiger partial charge in [0.15, 0.2) is 5.60 Å². The number of hydrogen-bond acceptors (Lipinski definition) is 8. The molecule has 0 bridgehead atoms. The Morgan fingerprint density at radius 2 is 1.75 bits per heavy atom. The first-order chi connectivity index (χ1) is 23.3. The highest BCUT2D eigenvalue weighted by Gasteiger charge is 2.73. The number of benzene rings is 3. The van der Waals surface area contributed by atoms with Crippen molar-refractivity contribution in [3.63, 3.8) is 0 Å². The number of nitrogens with one attached hydrogen (secondary N) is 1. The molecule has 4 fully saturated rings. The monoisotopic (exact) mass is 649 g/mol. The molecule has 3 N–H and O–H groups in total. The number of primary amides is 1. The summed E-state index contributed by atoms with van der Waals surface area (Å²) in [5, 5.41) is 4.70. The van der Waals surface area contributed by atoms with E-state index in [1.165, 1.54) is 0 Å². The lowest BCUT2D eigenvalue weighted by Gasteiger charge is -2.38. The van der Waals surface area contributed by atoms with Gasteiger partial charge >= 0.3 is 5.97 Å². The highest BCUT2D eigenvalue weighted by Crippen LogP contribution is 2.54. The van der Waals surface area contributed by atoms with E-state index >= 15 is 0 Å². The zero-order valence-electron chi connectivity index (χ0n) is 26.8. The molecular formula is C38H39N3O7. The number of esters is 1. The van der Waals surface area contributed by atoms with E-state index in [0.717, 1.165) is 41.5 Å². The van der Waals surface area contributed by atoms with E-state index < -0.39 is 41.6 Å². The molecule has 48 heavy (non-hydrogen) atoms. The summed E-state index contributed by atoms with van der Waals surface area (Å²) in [6.45, 7) is 0.160. The predicted molar refractivity (Wildman–Crippen MR) is 175 cm³/mol. The minimum Gasteiger partial charge on any atom is -0.497 e. The lowest BCUT2D eigenvalue weighted by atomic mass is 9.70. The number of rotatable bonds is 10. The number of carbonyl (C=O) groups excluding carboxylic acids is 3. The van der Waals surface area contributed by atoms with Gasteiger partial charge < -0.3 is 25.3 Å². The Kier molecular flexibility index (Phi) is 8.92. The Bertz CT molecular complexity index is 1730. The van der Waals surface area contributed by atoms with E-state index in [1.54, 1.807) is 36.4 Å². The van der Waals surface area contributed by atoms with Crippen LogP contribution >= 0.6 is 0 Å². The molecule has 248 valence electrons. The van der Waals surface area contributed by atoms with Crippen LogP contribution in [-0.4, -0.2) is 66.0 Å². The second kappa shape index (κ2) is 13.4. The minimum atomic E-state index is -1.61. The van der Waals surface area contributed by atoms with Gasteiger partial charge in [-0.2, -0.15) is 5.06 Å². The summed E-state index contributed by atoms with van der Waals surface area (Å²) in [5.74, 6) is 4.80. The van der Waals surface area contributed by atoms with E-state index in [2.05, 4.69) is 17.2 Å². The van der Waals surface area contributed by atoms with Crippen LogP contribution in [0.4, 0.5) is 0 Å². The SMILES string of the molecule is COc1ccc(CC(=O)O[C@@H]2C3OC3C[C@]3(C(N)=O)ON(Cc4ccccc4C#CCc4ccccc4)C(C(=O)NC4CCC4)C23)cc1. The molecule has 2 aliphatic heterocycles. The van der Waals surface area contributed by atoms with Gasteiger partial charge in [-0.25, -0.2) is 0 Å². The minimum absolute atomic E-state index is 0.00723. The molecule has 10 heteroatoms. The zero-order chi connectivity index (χ0) is 33.3. The third-order valence-electron chi connectivity index (χ3n) is 9.89. The van der Waals surface area contributed by atoms with Crippen LogP contribution in [-0.2, 0) is 48.1 Å². The fraction of sp³-hybridized carbons (Fsp3) is 0.395. The molecular weight excluding hydrogens is 610 g/mol. The molecule has 3 aromatic rings. The van der Waals surface area contributed by atoms with E-state index in [0.29, 0.717) is 12.2 Å². The number of nitrogens with two attached hydrogens (primary N) is 1. The van der Waals surface area contributed by atoms with E-state index in [4.69, 9.17) is 24.8 Å². The van der Waals surface area contributed by atoms with Crippen molar-refractivity contribution in [1.29, 1.82) is 0 Å². The summed E-state index contributed by atoms with van der Waals surface area (Å²) in [4.78, 5) is 47.5. The van der Waals surface area contributed by atoms with Gasteiger partial charge in [0.05, 0.1) is 32.1 Å². The van der Waals surface area contributed by atoms with Crippen molar-refractivity contribution >= 4 is 17.8 Å². The average Bonchev–Trinajstić information content (AvgIpc) is 3.76. The van der Waals surface area contributed by atoms with Gasteiger partial charge in [0.25, 0.3) is 5.91 Å². The first-order valence-corrected chi connectivity index (χ1v) is 16.5. The fourth-order valence-electron chi connectivity index (χ4n) is 7.10. The Balaban J connectivity index is 1.18. The van der Waals surface area contributed by atoms with Crippen molar-refractivity contribution < 1.29 is 33.4 Å². The normalized spacial score (nSPS) is 27.3. The van der Waals surface area contributed by atoms with Crippen LogP contribution < -0.4 is 15.8 Å².